The first-order valence-electron chi connectivity index (χ1n) is 10.6. The summed E-state index contributed by atoms with van der Waals surface area (Å²) >= 11 is 0. The Morgan fingerprint density at radius 2 is 2.16 bits per heavy atom. The summed E-state index contributed by atoms with van der Waals surface area (Å²) in [5, 5.41) is 0. The highest BCUT2D eigenvalue weighted by Gasteiger charge is 2.82. The molecule has 0 aromatic carbocycles. The molecule has 134 valence electrons. The van der Waals surface area contributed by atoms with Gasteiger partial charge in [0.15, 0.2) is 0 Å². The van der Waals surface area contributed by atoms with Gasteiger partial charge in [0, 0.05) is 41.2 Å². The fourth-order valence-electron chi connectivity index (χ4n) is 10.1. The summed E-state index contributed by atoms with van der Waals surface area (Å²) in [7, 11) is 0. The van der Waals surface area contributed by atoms with Crippen LogP contribution in [-0.2, 0) is 9.53 Å². The highest BCUT2D eigenvalue weighted by molar-refractivity contribution is 5.87. The van der Waals surface area contributed by atoms with E-state index in [1.165, 1.54) is 32.1 Å². The minimum atomic E-state index is 0.0550. The molecule has 8 aliphatic rings. The Labute approximate surface area is 150 Å². The number of fused-ring (bicyclic) bond motifs is 3. The molecule has 2 heterocycles. The summed E-state index contributed by atoms with van der Waals surface area (Å²) in [5.41, 5.74) is 2.12. The van der Waals surface area contributed by atoms with Crippen LogP contribution in [0.4, 0.5) is 0 Å². The second kappa shape index (κ2) is 3.94. The number of piperidine rings is 1. The molecule has 0 aromatic rings. The van der Waals surface area contributed by atoms with Crippen molar-refractivity contribution in [1.82, 2.24) is 4.90 Å². The molecule has 3 heteroatoms. The summed E-state index contributed by atoms with van der Waals surface area (Å²) in [6, 6.07) is 0.615. The van der Waals surface area contributed by atoms with Crippen LogP contribution >= 0.6 is 0 Å². The second-order valence-corrected chi connectivity index (χ2v) is 10.8. The fraction of sp³-hybridized carbons (Fsp3) is 0.864. The van der Waals surface area contributed by atoms with E-state index in [1.807, 2.05) is 0 Å². The van der Waals surface area contributed by atoms with Gasteiger partial charge in [-0.25, -0.2) is 0 Å². The van der Waals surface area contributed by atoms with E-state index in [1.54, 1.807) is 5.57 Å². The van der Waals surface area contributed by atoms with Crippen LogP contribution in [0, 0.1) is 39.9 Å². The lowest BCUT2D eigenvalue weighted by Gasteiger charge is -2.66. The molecule has 0 N–H and O–H groups in total. The fourth-order valence-corrected chi connectivity index (χ4v) is 10.1. The largest absolute Gasteiger partial charge is 0.361 e. The minimum absolute atomic E-state index is 0.0550. The van der Waals surface area contributed by atoms with E-state index < -0.39 is 0 Å². The van der Waals surface area contributed by atoms with E-state index in [4.69, 9.17) is 4.74 Å². The molecule has 0 amide bonds. The molecule has 2 spiro atoms. The van der Waals surface area contributed by atoms with Gasteiger partial charge in [-0.05, 0) is 50.4 Å². The van der Waals surface area contributed by atoms with Crippen LogP contribution < -0.4 is 0 Å². The first-order chi connectivity index (χ1) is 12.0. The van der Waals surface area contributed by atoms with Gasteiger partial charge in [-0.3, -0.25) is 9.69 Å². The molecule has 0 unspecified atom stereocenters. The molecule has 2 aliphatic heterocycles. The van der Waals surface area contributed by atoms with Crippen molar-refractivity contribution in [2.24, 2.45) is 39.9 Å². The Morgan fingerprint density at radius 1 is 1.28 bits per heavy atom. The number of hydrogen-bond acceptors (Lipinski definition) is 3. The van der Waals surface area contributed by atoms with Crippen LogP contribution in [0.3, 0.4) is 0 Å². The monoisotopic (exact) mass is 339 g/mol. The van der Waals surface area contributed by atoms with Crippen molar-refractivity contribution < 1.29 is 9.53 Å². The van der Waals surface area contributed by atoms with Crippen LogP contribution in [0.2, 0.25) is 0 Å². The predicted octanol–water partition coefficient (Wildman–Crippen LogP) is 3.39. The number of Topliss-reactive ketones (excluding diaryl/α,β-unsaturated/α-hetero) is 1. The molecular formula is C22H29NO2. The van der Waals surface area contributed by atoms with E-state index in [0.29, 0.717) is 17.7 Å². The maximum absolute atomic E-state index is 13.7. The second-order valence-electron chi connectivity index (χ2n) is 10.8. The van der Waals surface area contributed by atoms with Crippen LogP contribution in [-0.4, -0.2) is 36.1 Å². The third-order valence-corrected chi connectivity index (χ3v) is 10.3. The number of carbonyl (C=O) groups is 1. The molecule has 8 rings (SSSR count). The first kappa shape index (κ1) is 14.4. The van der Waals surface area contributed by atoms with Crippen molar-refractivity contribution in [2.45, 2.75) is 64.6 Å². The topological polar surface area (TPSA) is 29.5 Å². The average molecular weight is 339 g/mol. The number of carbonyl (C=O) groups excluding carboxylic acids is 1. The maximum Gasteiger partial charge on any atom is 0.138 e. The summed E-state index contributed by atoms with van der Waals surface area (Å²) in [6.45, 7) is 6.72. The van der Waals surface area contributed by atoms with E-state index in [0.717, 1.165) is 31.4 Å². The van der Waals surface area contributed by atoms with Crippen LogP contribution in [0.15, 0.2) is 11.6 Å². The van der Waals surface area contributed by atoms with Gasteiger partial charge in [0.25, 0.3) is 0 Å². The Morgan fingerprint density at radius 3 is 3.04 bits per heavy atom. The third-order valence-electron chi connectivity index (χ3n) is 10.3. The molecular weight excluding hydrogens is 310 g/mol. The van der Waals surface area contributed by atoms with E-state index in [2.05, 4.69) is 24.8 Å². The maximum atomic E-state index is 13.7. The number of nitrogens with zero attached hydrogens (tertiary/aromatic N) is 1. The molecule has 6 aliphatic carbocycles. The lowest BCUT2D eigenvalue weighted by atomic mass is 9.40. The van der Waals surface area contributed by atoms with Crippen molar-refractivity contribution >= 4 is 5.78 Å². The van der Waals surface area contributed by atoms with Gasteiger partial charge >= 0.3 is 0 Å². The van der Waals surface area contributed by atoms with Gasteiger partial charge in [-0.15, -0.1) is 0 Å². The Kier molecular flexibility index (Phi) is 2.27. The molecule has 4 saturated carbocycles. The SMILES string of the molecule is CC1=C[C@@]23CC(=O)[C@H]4[C@@]5(C)CCC[C@@]46[C@@H]2C[C@@H]1C[C@H]3[C@H]6N1CCO[C@@H]15. The molecule has 0 radical (unpaired) electrons. The zero-order valence-corrected chi connectivity index (χ0v) is 15.5. The highest BCUT2D eigenvalue weighted by Crippen LogP contribution is 2.81. The molecule has 6 bridgehead atoms. The normalized spacial score (nSPS) is 63.6. The lowest BCUT2D eigenvalue weighted by molar-refractivity contribution is -0.232. The molecule has 9 atom stereocenters. The molecule has 6 fully saturated rings. The van der Waals surface area contributed by atoms with Gasteiger partial charge in [0.1, 0.15) is 12.0 Å². The number of ether oxygens (including phenoxy) is 1. The van der Waals surface area contributed by atoms with Gasteiger partial charge < -0.3 is 4.74 Å². The van der Waals surface area contributed by atoms with Gasteiger partial charge in [0.2, 0.25) is 0 Å². The molecule has 0 aromatic heterocycles. The van der Waals surface area contributed by atoms with Gasteiger partial charge in [-0.2, -0.15) is 0 Å². The number of rotatable bonds is 0. The summed E-state index contributed by atoms with van der Waals surface area (Å²) in [6.07, 6.45) is 10.2. The van der Waals surface area contributed by atoms with E-state index in [9.17, 15) is 4.79 Å². The third kappa shape index (κ3) is 1.22. The van der Waals surface area contributed by atoms with Crippen LogP contribution in [0.1, 0.15) is 52.4 Å². The van der Waals surface area contributed by atoms with Crippen molar-refractivity contribution in [3.63, 3.8) is 0 Å². The standard InChI is InChI=1S/C22H29NO2/c1-12-10-21-11-15(24)17-20(2)4-3-5-22(17)16(21)9-13(12)8-14(21)18(22)23-6-7-25-19(20)23/h10,13-14,16-19H,3-9,11H2,1-2H3/t13-,14-,16+,17-,18+,19+,20+,21-,22+/m0/s1. The zero-order chi connectivity index (χ0) is 16.8. The Bertz CT molecular complexity index is 744. The van der Waals surface area contributed by atoms with Crippen molar-refractivity contribution in [2.75, 3.05) is 13.2 Å². The van der Waals surface area contributed by atoms with Crippen molar-refractivity contribution in [1.29, 1.82) is 0 Å². The quantitative estimate of drug-likeness (QED) is 0.634. The molecule has 3 nitrogen and oxygen atoms in total. The number of ketones is 1. The number of hydrogen-bond donors (Lipinski definition) is 0. The van der Waals surface area contributed by atoms with Crippen LogP contribution in [0.5, 0.6) is 0 Å². The smallest absolute Gasteiger partial charge is 0.138 e. The minimum Gasteiger partial charge on any atom is -0.361 e. The zero-order valence-electron chi connectivity index (χ0n) is 15.5. The average Bonchev–Trinajstić information content (AvgIpc) is 3.05. The summed E-state index contributed by atoms with van der Waals surface area (Å²) in [4.78, 5) is 16.5. The summed E-state index contributed by atoms with van der Waals surface area (Å²) in [5.74, 6) is 3.14. The Balaban J connectivity index is 1.56. The Hall–Kier alpha value is -0.670. The lowest BCUT2D eigenvalue weighted by Crippen LogP contribution is -2.71. The predicted molar refractivity (Wildman–Crippen MR) is 93.6 cm³/mol. The first-order valence-corrected chi connectivity index (χ1v) is 10.6. The van der Waals surface area contributed by atoms with Crippen LogP contribution in [0.25, 0.3) is 0 Å². The highest BCUT2D eigenvalue weighted by atomic mass is 16.5. The molecule has 2 saturated heterocycles. The van der Waals surface area contributed by atoms with E-state index >= 15 is 0 Å². The number of allylic oxidation sites excluding steroid dienone is 2. The summed E-state index contributed by atoms with van der Waals surface area (Å²) < 4.78 is 6.36. The molecule has 25 heavy (non-hydrogen) atoms. The van der Waals surface area contributed by atoms with Gasteiger partial charge in [0.05, 0.1) is 6.61 Å². The van der Waals surface area contributed by atoms with Crippen molar-refractivity contribution in [3.8, 4) is 0 Å². The van der Waals surface area contributed by atoms with Crippen molar-refractivity contribution in [3.05, 3.63) is 11.6 Å². The van der Waals surface area contributed by atoms with Gasteiger partial charge in [-0.1, -0.05) is 25.0 Å². The van der Waals surface area contributed by atoms with E-state index in [-0.39, 0.29) is 28.4 Å².